The topological polar surface area (TPSA) is 74.6 Å². The molecule has 1 fully saturated rings. The molecule has 0 saturated heterocycles. The van der Waals surface area contributed by atoms with Gasteiger partial charge in [0.05, 0.1) is 0 Å². The maximum Gasteiger partial charge on any atom is 0.322 e. The maximum absolute atomic E-state index is 11.9. The van der Waals surface area contributed by atoms with Gasteiger partial charge in [0.2, 0.25) is 0 Å². The summed E-state index contributed by atoms with van der Waals surface area (Å²) in [5.74, 6) is -3.58. The Morgan fingerprint density at radius 2 is 1.14 bits per heavy atom. The van der Waals surface area contributed by atoms with Crippen molar-refractivity contribution in [3.63, 3.8) is 0 Å². The van der Waals surface area contributed by atoms with Crippen LogP contribution in [0.25, 0.3) is 0 Å². The van der Waals surface area contributed by atoms with E-state index in [1.54, 1.807) is 48.5 Å². The van der Waals surface area contributed by atoms with Gasteiger partial charge in [-0.1, -0.05) is 60.7 Å². The lowest BCUT2D eigenvalue weighted by atomic mass is 9.49. The Morgan fingerprint density at radius 3 is 1.45 bits per heavy atom. The summed E-state index contributed by atoms with van der Waals surface area (Å²) in [6.45, 7) is 0. The van der Waals surface area contributed by atoms with Crippen LogP contribution < -0.4 is 0 Å². The molecule has 2 aromatic carbocycles. The molecule has 0 spiro atoms. The van der Waals surface area contributed by atoms with E-state index < -0.39 is 29.2 Å². The van der Waals surface area contributed by atoms with E-state index >= 15 is 0 Å². The van der Waals surface area contributed by atoms with Crippen LogP contribution in [0.5, 0.6) is 0 Å². The fourth-order valence-corrected chi connectivity index (χ4v) is 3.55. The van der Waals surface area contributed by atoms with Gasteiger partial charge >= 0.3 is 11.9 Å². The molecule has 112 valence electrons. The number of carbonyl (C=O) groups is 2. The summed E-state index contributed by atoms with van der Waals surface area (Å²) >= 11 is 0. The molecule has 2 atom stereocenters. The van der Waals surface area contributed by atoms with Gasteiger partial charge in [-0.2, -0.15) is 0 Å². The molecule has 22 heavy (non-hydrogen) atoms. The highest BCUT2D eigenvalue weighted by Gasteiger charge is 2.66. The third kappa shape index (κ3) is 1.91. The molecule has 0 bridgehead atoms. The largest absolute Gasteiger partial charge is 0.480 e. The summed E-state index contributed by atoms with van der Waals surface area (Å²) in [6, 6.07) is 18.1. The summed E-state index contributed by atoms with van der Waals surface area (Å²) in [4.78, 5) is 23.9. The maximum atomic E-state index is 11.9. The molecule has 4 nitrogen and oxygen atoms in total. The van der Waals surface area contributed by atoms with Crippen LogP contribution in [0.1, 0.15) is 29.4 Å². The van der Waals surface area contributed by atoms with Crippen molar-refractivity contribution in [3.05, 3.63) is 71.8 Å². The van der Waals surface area contributed by atoms with E-state index in [4.69, 9.17) is 0 Å². The van der Waals surface area contributed by atoms with Gasteiger partial charge in [0.15, 0.2) is 5.41 Å². The predicted octanol–water partition coefficient (Wildman–Crippen LogP) is 3.11. The second-order valence-electron chi connectivity index (χ2n) is 5.64. The molecule has 0 heterocycles. The lowest BCUT2D eigenvalue weighted by Crippen LogP contribution is -2.56. The quantitative estimate of drug-likeness (QED) is 0.850. The number of benzene rings is 2. The monoisotopic (exact) mass is 296 g/mol. The van der Waals surface area contributed by atoms with Gasteiger partial charge < -0.3 is 10.2 Å². The summed E-state index contributed by atoms with van der Waals surface area (Å²) in [6.07, 6.45) is 0.520. The van der Waals surface area contributed by atoms with Gasteiger partial charge in [-0.3, -0.25) is 9.59 Å². The van der Waals surface area contributed by atoms with Crippen LogP contribution in [0, 0.1) is 5.41 Å². The minimum atomic E-state index is -1.80. The van der Waals surface area contributed by atoms with E-state index in [1.165, 1.54) is 0 Å². The number of carboxylic acids is 2. The van der Waals surface area contributed by atoms with Crippen LogP contribution >= 0.6 is 0 Å². The third-order valence-corrected chi connectivity index (χ3v) is 4.68. The van der Waals surface area contributed by atoms with Crippen LogP contribution in [0.15, 0.2) is 60.7 Å². The van der Waals surface area contributed by atoms with E-state index in [9.17, 15) is 19.8 Å². The molecule has 0 aromatic heterocycles. The van der Waals surface area contributed by atoms with Crippen molar-refractivity contribution in [3.8, 4) is 0 Å². The van der Waals surface area contributed by atoms with Crippen LogP contribution in [0.4, 0.5) is 0 Å². The van der Waals surface area contributed by atoms with Crippen molar-refractivity contribution in [1.29, 1.82) is 0 Å². The smallest absolute Gasteiger partial charge is 0.322 e. The zero-order valence-electron chi connectivity index (χ0n) is 11.8. The molecular formula is C18H16O4. The zero-order valence-corrected chi connectivity index (χ0v) is 11.8. The summed E-state index contributed by atoms with van der Waals surface area (Å²) in [5.41, 5.74) is -0.276. The third-order valence-electron chi connectivity index (χ3n) is 4.68. The highest BCUT2D eigenvalue weighted by atomic mass is 16.4. The van der Waals surface area contributed by atoms with Crippen LogP contribution in [-0.2, 0) is 9.59 Å². The second-order valence-corrected chi connectivity index (χ2v) is 5.64. The average Bonchev–Trinajstić information content (AvgIpc) is 2.48. The summed E-state index contributed by atoms with van der Waals surface area (Å²) < 4.78 is 0. The van der Waals surface area contributed by atoms with Crippen LogP contribution in [0.2, 0.25) is 0 Å². The van der Waals surface area contributed by atoms with E-state index in [-0.39, 0.29) is 0 Å². The number of hydrogen-bond acceptors (Lipinski definition) is 2. The first-order valence-electron chi connectivity index (χ1n) is 7.15. The standard InChI is InChI=1S/C18H16O4/c19-16(20)18(17(21)22)14(12-7-3-1-4-8-12)11-15(18)13-9-5-2-6-10-13/h1-10,14-15H,11H2,(H,19,20)(H,21,22). The number of rotatable bonds is 4. The molecule has 0 aliphatic heterocycles. The number of hydrogen-bond donors (Lipinski definition) is 2. The average molecular weight is 296 g/mol. The Hall–Kier alpha value is -2.62. The van der Waals surface area contributed by atoms with Gasteiger partial charge in [0.25, 0.3) is 0 Å². The van der Waals surface area contributed by atoms with Crippen molar-refractivity contribution in [2.75, 3.05) is 0 Å². The zero-order chi connectivity index (χ0) is 15.7. The minimum Gasteiger partial charge on any atom is -0.480 e. The van der Waals surface area contributed by atoms with Gasteiger partial charge in [-0.25, -0.2) is 0 Å². The van der Waals surface area contributed by atoms with Crippen molar-refractivity contribution >= 4 is 11.9 Å². The lowest BCUT2D eigenvalue weighted by molar-refractivity contribution is -0.177. The first-order valence-corrected chi connectivity index (χ1v) is 7.15. The minimum absolute atomic E-state index is 0.520. The van der Waals surface area contributed by atoms with Gasteiger partial charge in [-0.15, -0.1) is 0 Å². The van der Waals surface area contributed by atoms with Crippen molar-refractivity contribution < 1.29 is 19.8 Å². The summed E-state index contributed by atoms with van der Waals surface area (Å²) in [5, 5.41) is 19.5. The number of carboxylic acid groups (broad SMARTS) is 2. The lowest BCUT2D eigenvalue weighted by Gasteiger charge is -2.50. The molecule has 0 amide bonds. The molecule has 1 aliphatic rings. The van der Waals surface area contributed by atoms with Crippen molar-refractivity contribution in [2.45, 2.75) is 18.3 Å². The Balaban J connectivity index is 2.09. The molecule has 1 aliphatic carbocycles. The van der Waals surface area contributed by atoms with E-state index in [2.05, 4.69) is 0 Å². The molecule has 4 heteroatoms. The SMILES string of the molecule is O=C(O)C1(C(=O)O)C(c2ccccc2)CC1c1ccccc1. The van der Waals surface area contributed by atoms with Crippen molar-refractivity contribution in [1.82, 2.24) is 0 Å². The Morgan fingerprint density at radius 1 is 0.773 bits per heavy atom. The molecule has 1 saturated carbocycles. The molecule has 3 rings (SSSR count). The normalized spacial score (nSPS) is 22.5. The van der Waals surface area contributed by atoms with Gasteiger partial charge in [0.1, 0.15) is 0 Å². The highest BCUT2D eigenvalue weighted by molar-refractivity contribution is 6.02. The van der Waals surface area contributed by atoms with Gasteiger partial charge in [0, 0.05) is 11.8 Å². The predicted molar refractivity (Wildman–Crippen MR) is 80.7 cm³/mol. The first-order chi connectivity index (χ1) is 10.6. The number of aliphatic carboxylic acids is 2. The molecule has 2 N–H and O–H groups in total. The van der Waals surface area contributed by atoms with E-state index in [1.807, 2.05) is 12.1 Å². The summed E-state index contributed by atoms with van der Waals surface area (Å²) in [7, 11) is 0. The van der Waals surface area contributed by atoms with E-state index in [0.717, 1.165) is 11.1 Å². The van der Waals surface area contributed by atoms with Gasteiger partial charge in [-0.05, 0) is 17.5 Å². The Labute approximate surface area is 128 Å². The van der Waals surface area contributed by atoms with Crippen molar-refractivity contribution in [2.24, 2.45) is 5.41 Å². The Kier molecular flexibility index (Phi) is 3.45. The fourth-order valence-electron chi connectivity index (χ4n) is 3.55. The fraction of sp³-hybridized carbons (Fsp3) is 0.222. The molecule has 2 unspecified atom stereocenters. The second kappa shape index (κ2) is 5.30. The Bertz CT molecular complexity index is 632. The van der Waals surface area contributed by atoms with Crippen LogP contribution in [0.3, 0.4) is 0 Å². The molecule has 2 aromatic rings. The molecule has 0 radical (unpaired) electrons. The first kappa shape index (κ1) is 14.3. The molecular weight excluding hydrogens is 280 g/mol. The van der Waals surface area contributed by atoms with E-state index in [0.29, 0.717) is 6.42 Å². The van der Waals surface area contributed by atoms with Crippen LogP contribution in [-0.4, -0.2) is 22.2 Å². The highest BCUT2D eigenvalue weighted by Crippen LogP contribution is 2.62.